The summed E-state index contributed by atoms with van der Waals surface area (Å²) in [5, 5.41) is 11.8. The third-order valence-electron chi connectivity index (χ3n) is 7.62. The zero-order valence-corrected chi connectivity index (χ0v) is 22.7. The highest BCUT2D eigenvalue weighted by Gasteiger charge is 2.44. The van der Waals surface area contributed by atoms with Gasteiger partial charge in [-0.25, -0.2) is 0 Å². The molecular weight excluding hydrogens is 520 g/mol. The van der Waals surface area contributed by atoms with E-state index < -0.39 is 23.5 Å². The second-order valence-corrected chi connectivity index (χ2v) is 10.3. The number of aliphatic hydroxyl groups is 1. The number of aliphatic hydroxyl groups excluding tert-OH is 1. The average Bonchev–Trinajstić information content (AvgIpc) is 3.56. The van der Waals surface area contributed by atoms with Gasteiger partial charge in [0.05, 0.1) is 24.8 Å². The summed E-state index contributed by atoms with van der Waals surface area (Å²) in [6, 6.07) is 25.5. The first-order valence-corrected chi connectivity index (χ1v) is 13.9. The first kappa shape index (κ1) is 26.8. The Balaban J connectivity index is 1.26. The second-order valence-electron chi connectivity index (χ2n) is 10.3. The van der Waals surface area contributed by atoms with Gasteiger partial charge in [0.2, 0.25) is 5.78 Å². The lowest BCUT2D eigenvalue weighted by Crippen LogP contribution is -2.39. The largest absolute Gasteiger partial charge is 0.503 e. The number of rotatable bonds is 10. The molecule has 1 N–H and O–H groups in total. The van der Waals surface area contributed by atoms with E-state index in [1.165, 1.54) is 0 Å². The van der Waals surface area contributed by atoms with Crippen molar-refractivity contribution in [3.05, 3.63) is 113 Å². The van der Waals surface area contributed by atoms with Crippen LogP contribution in [0.25, 0.3) is 11.0 Å². The summed E-state index contributed by atoms with van der Waals surface area (Å²) in [4.78, 5) is 31.1. The highest BCUT2D eigenvalue weighted by molar-refractivity contribution is 6.16. The molecule has 1 unspecified atom stereocenters. The van der Waals surface area contributed by atoms with Crippen molar-refractivity contribution >= 4 is 22.7 Å². The minimum absolute atomic E-state index is 0.0263. The van der Waals surface area contributed by atoms with E-state index in [0.29, 0.717) is 49.7 Å². The second kappa shape index (κ2) is 12.0. The van der Waals surface area contributed by atoms with Gasteiger partial charge in [-0.3, -0.25) is 14.5 Å². The van der Waals surface area contributed by atoms with E-state index in [2.05, 4.69) is 4.90 Å². The molecule has 210 valence electrons. The fourth-order valence-corrected chi connectivity index (χ4v) is 5.47. The molecular formula is C33H32N2O6. The summed E-state index contributed by atoms with van der Waals surface area (Å²) in [5.74, 6) is -0.836. The maximum absolute atomic E-state index is 13.8. The number of morpholine rings is 1. The maximum Gasteiger partial charge on any atom is 0.290 e. The number of benzene rings is 3. The zero-order chi connectivity index (χ0) is 28.2. The topological polar surface area (TPSA) is 92.5 Å². The van der Waals surface area contributed by atoms with E-state index in [1.54, 1.807) is 17.0 Å². The number of ether oxygens (including phenoxy) is 2. The maximum atomic E-state index is 13.8. The number of hydrogen-bond acceptors (Lipinski definition) is 7. The molecule has 1 aromatic heterocycles. The van der Waals surface area contributed by atoms with Crippen LogP contribution in [0.1, 0.15) is 34.1 Å². The first-order chi connectivity index (χ1) is 20.1. The van der Waals surface area contributed by atoms with E-state index in [-0.39, 0.29) is 11.3 Å². The normalized spacial score (nSPS) is 17.9. The monoisotopic (exact) mass is 552 g/mol. The van der Waals surface area contributed by atoms with Gasteiger partial charge in [0.15, 0.2) is 11.5 Å². The quantitative estimate of drug-likeness (QED) is 0.267. The van der Waals surface area contributed by atoms with Gasteiger partial charge in [0.1, 0.15) is 17.9 Å². The highest BCUT2D eigenvalue weighted by Crippen LogP contribution is 2.40. The van der Waals surface area contributed by atoms with Gasteiger partial charge in [-0.1, -0.05) is 60.7 Å². The Bertz CT molecular complexity index is 1520. The Morgan fingerprint density at radius 2 is 1.66 bits per heavy atom. The Morgan fingerprint density at radius 1 is 0.927 bits per heavy atom. The number of amides is 1. The molecule has 8 heteroatoms. The fourth-order valence-electron chi connectivity index (χ4n) is 5.47. The number of ketones is 1. The number of hydrogen-bond donors (Lipinski definition) is 1. The van der Waals surface area contributed by atoms with Crippen molar-refractivity contribution in [2.45, 2.75) is 19.1 Å². The summed E-state index contributed by atoms with van der Waals surface area (Å²) in [6.45, 7) is 4.69. The number of carbonyl (C=O) groups is 2. The summed E-state index contributed by atoms with van der Waals surface area (Å²) >= 11 is 0. The van der Waals surface area contributed by atoms with Gasteiger partial charge in [0.25, 0.3) is 5.91 Å². The third-order valence-corrected chi connectivity index (χ3v) is 7.62. The molecule has 1 fully saturated rings. The Kier molecular flexibility index (Phi) is 7.84. The molecule has 3 heterocycles. The Hall–Kier alpha value is -4.40. The van der Waals surface area contributed by atoms with Crippen molar-refractivity contribution in [1.82, 2.24) is 9.80 Å². The van der Waals surface area contributed by atoms with Gasteiger partial charge < -0.3 is 23.9 Å². The first-order valence-electron chi connectivity index (χ1n) is 13.9. The van der Waals surface area contributed by atoms with Crippen LogP contribution in [0.3, 0.4) is 0 Å². The summed E-state index contributed by atoms with van der Waals surface area (Å²) in [6.07, 6.45) is 0.694. The van der Waals surface area contributed by atoms with Gasteiger partial charge in [-0.05, 0) is 41.8 Å². The van der Waals surface area contributed by atoms with Crippen LogP contribution in [0.15, 0.2) is 101 Å². The molecule has 1 atom stereocenters. The summed E-state index contributed by atoms with van der Waals surface area (Å²) in [5.41, 5.74) is 2.36. The number of carbonyl (C=O) groups excluding carboxylic acids is 2. The van der Waals surface area contributed by atoms with Crippen LogP contribution in [0.5, 0.6) is 5.75 Å². The van der Waals surface area contributed by atoms with Crippen LogP contribution in [0.2, 0.25) is 0 Å². The number of para-hydroxylation sites is 1. The Labute approximate surface area is 238 Å². The fraction of sp³-hybridized carbons (Fsp3) is 0.273. The van der Waals surface area contributed by atoms with Gasteiger partial charge in [-0.2, -0.15) is 0 Å². The van der Waals surface area contributed by atoms with E-state index in [4.69, 9.17) is 13.9 Å². The molecule has 2 aliphatic heterocycles. The lowest BCUT2D eigenvalue weighted by atomic mass is 9.95. The molecule has 0 bridgehead atoms. The molecule has 0 radical (unpaired) electrons. The van der Waals surface area contributed by atoms with Gasteiger partial charge in [-0.15, -0.1) is 0 Å². The predicted molar refractivity (Wildman–Crippen MR) is 154 cm³/mol. The molecule has 4 aromatic rings. The van der Waals surface area contributed by atoms with Crippen LogP contribution < -0.4 is 4.74 Å². The standard InChI is InChI=1S/C33H32N2O6/c36-31(28-21-25-9-4-5-10-27(25)41-28)29-30(24-11-13-26(14-12-24)40-22-23-7-2-1-3-8-23)35(33(38)32(29)37)16-6-15-34-17-19-39-20-18-34/h1-5,7-14,21,30,37H,6,15-20,22H2. The van der Waals surface area contributed by atoms with Crippen molar-refractivity contribution < 1.29 is 28.6 Å². The molecule has 3 aromatic carbocycles. The van der Waals surface area contributed by atoms with Crippen LogP contribution in [0, 0.1) is 0 Å². The molecule has 1 amide bonds. The Morgan fingerprint density at radius 3 is 2.41 bits per heavy atom. The predicted octanol–water partition coefficient (Wildman–Crippen LogP) is 5.31. The van der Waals surface area contributed by atoms with Crippen molar-refractivity contribution in [2.75, 3.05) is 39.4 Å². The van der Waals surface area contributed by atoms with E-state index in [1.807, 2.05) is 72.8 Å². The molecule has 2 aliphatic rings. The van der Waals surface area contributed by atoms with Crippen molar-refractivity contribution in [2.24, 2.45) is 0 Å². The molecule has 1 saturated heterocycles. The van der Waals surface area contributed by atoms with Gasteiger partial charge >= 0.3 is 0 Å². The highest BCUT2D eigenvalue weighted by atomic mass is 16.5. The van der Waals surface area contributed by atoms with Crippen LogP contribution >= 0.6 is 0 Å². The zero-order valence-electron chi connectivity index (χ0n) is 22.7. The minimum atomic E-state index is -0.754. The lowest BCUT2D eigenvalue weighted by molar-refractivity contribution is -0.129. The molecule has 8 nitrogen and oxygen atoms in total. The number of furan rings is 1. The summed E-state index contributed by atoms with van der Waals surface area (Å²) < 4.78 is 17.2. The van der Waals surface area contributed by atoms with E-state index in [0.717, 1.165) is 30.6 Å². The smallest absolute Gasteiger partial charge is 0.290 e. The van der Waals surface area contributed by atoms with Crippen molar-refractivity contribution in [3.8, 4) is 5.75 Å². The number of Topliss-reactive ketones (excluding diaryl/α,β-unsaturated/α-hetero) is 1. The molecule has 41 heavy (non-hydrogen) atoms. The average molecular weight is 553 g/mol. The van der Waals surface area contributed by atoms with E-state index in [9.17, 15) is 14.7 Å². The van der Waals surface area contributed by atoms with Crippen LogP contribution in [-0.2, 0) is 16.1 Å². The lowest BCUT2D eigenvalue weighted by Gasteiger charge is -2.30. The minimum Gasteiger partial charge on any atom is -0.503 e. The van der Waals surface area contributed by atoms with E-state index >= 15 is 0 Å². The third kappa shape index (κ3) is 5.75. The number of nitrogens with zero attached hydrogens (tertiary/aromatic N) is 2. The number of fused-ring (bicyclic) bond motifs is 1. The van der Waals surface area contributed by atoms with Crippen LogP contribution in [-0.4, -0.2) is 66.0 Å². The van der Waals surface area contributed by atoms with Gasteiger partial charge in [0, 0.05) is 31.6 Å². The van der Waals surface area contributed by atoms with Crippen molar-refractivity contribution in [1.29, 1.82) is 0 Å². The summed E-state index contributed by atoms with van der Waals surface area (Å²) in [7, 11) is 0. The molecule has 6 rings (SSSR count). The van der Waals surface area contributed by atoms with Crippen molar-refractivity contribution in [3.63, 3.8) is 0 Å². The molecule has 0 saturated carbocycles. The van der Waals surface area contributed by atoms with Crippen LogP contribution in [0.4, 0.5) is 0 Å². The molecule has 0 aliphatic carbocycles. The molecule has 0 spiro atoms. The SMILES string of the molecule is O=C(C1=C(O)C(=O)N(CCCN2CCOCC2)C1c1ccc(OCc2ccccc2)cc1)c1cc2ccccc2o1.